The molecule has 0 bridgehead atoms. The lowest BCUT2D eigenvalue weighted by Gasteiger charge is -2.33. The summed E-state index contributed by atoms with van der Waals surface area (Å²) in [5, 5.41) is 5.87. The maximum atomic E-state index is 4.58. The maximum absolute atomic E-state index is 4.58. The molecule has 0 atom stereocenters. The first-order valence-electron chi connectivity index (χ1n) is 10.3. The van der Waals surface area contributed by atoms with E-state index in [4.69, 9.17) is 0 Å². The number of benzene rings is 1. The van der Waals surface area contributed by atoms with Crippen LogP contribution in [0.5, 0.6) is 0 Å². The van der Waals surface area contributed by atoms with Gasteiger partial charge in [0, 0.05) is 40.8 Å². The van der Waals surface area contributed by atoms with E-state index in [1.165, 1.54) is 25.7 Å². The number of rotatable bonds is 4. The molecule has 3 heterocycles. The van der Waals surface area contributed by atoms with Crippen LogP contribution in [-0.2, 0) is 0 Å². The average Bonchev–Trinajstić information content (AvgIpc) is 3.22. The molecule has 3 aromatic heterocycles. The molecule has 0 amide bonds. The third-order valence-corrected chi connectivity index (χ3v) is 6.14. The number of anilines is 1. The van der Waals surface area contributed by atoms with E-state index in [9.17, 15) is 0 Å². The molecular formula is C23H26N6. The van der Waals surface area contributed by atoms with E-state index in [2.05, 4.69) is 68.5 Å². The second-order valence-electron chi connectivity index (χ2n) is 8.21. The number of H-pyrrole nitrogens is 1. The second-order valence-corrected chi connectivity index (χ2v) is 8.21. The predicted molar refractivity (Wildman–Crippen MR) is 118 cm³/mol. The summed E-state index contributed by atoms with van der Waals surface area (Å²) in [7, 11) is 4.36. The van der Waals surface area contributed by atoms with Gasteiger partial charge in [0.1, 0.15) is 17.8 Å². The lowest BCUT2D eigenvalue weighted by atomic mass is 9.90. The van der Waals surface area contributed by atoms with Crippen LogP contribution in [0.3, 0.4) is 0 Å². The van der Waals surface area contributed by atoms with E-state index < -0.39 is 0 Å². The molecule has 1 aliphatic carbocycles. The Morgan fingerprint density at radius 1 is 0.966 bits per heavy atom. The van der Waals surface area contributed by atoms with Gasteiger partial charge in [-0.3, -0.25) is 0 Å². The molecular weight excluding hydrogens is 360 g/mol. The number of aromatic nitrogens is 4. The monoisotopic (exact) mass is 386 g/mol. The summed E-state index contributed by atoms with van der Waals surface area (Å²) in [4.78, 5) is 19.1. The largest absolute Gasteiger partial charge is 0.367 e. The maximum Gasteiger partial charge on any atom is 0.137 e. The zero-order chi connectivity index (χ0) is 19.8. The highest BCUT2D eigenvalue weighted by atomic mass is 15.1. The molecule has 0 radical (unpaired) electrons. The Bertz CT molecular complexity index is 1140. The van der Waals surface area contributed by atoms with E-state index in [1.54, 1.807) is 6.33 Å². The fourth-order valence-electron chi connectivity index (χ4n) is 4.38. The van der Waals surface area contributed by atoms with Crippen LogP contribution in [0.25, 0.3) is 33.1 Å². The van der Waals surface area contributed by atoms with E-state index in [0.717, 1.165) is 38.9 Å². The van der Waals surface area contributed by atoms with Crippen LogP contribution in [0, 0.1) is 0 Å². The number of aromatic amines is 1. The summed E-state index contributed by atoms with van der Waals surface area (Å²) in [5.41, 5.74) is 4.10. The molecule has 4 aromatic rings. The van der Waals surface area contributed by atoms with Crippen molar-refractivity contribution in [2.45, 2.75) is 37.8 Å². The molecule has 1 fully saturated rings. The van der Waals surface area contributed by atoms with Gasteiger partial charge in [-0.15, -0.1) is 0 Å². The predicted octanol–water partition coefficient (Wildman–Crippen LogP) is 4.46. The van der Waals surface area contributed by atoms with Crippen molar-refractivity contribution in [1.82, 2.24) is 24.8 Å². The Kier molecular flexibility index (Phi) is 4.64. The smallest absolute Gasteiger partial charge is 0.137 e. The standard InChI is InChI=1S/C23H26N6/c1-29(2)19-6-4-18(5-7-19)28-23-20-12-15(3-8-21(20)26-14-27-23)17-11-16-9-10-24-22(16)25-13-17/h3,8-14,18-19H,4-7H2,1-2H3,(H,24,25)(H,26,27,28)/t18-,19-. The Balaban J connectivity index is 1.44. The Labute approximate surface area is 170 Å². The van der Waals surface area contributed by atoms with Crippen molar-refractivity contribution >= 4 is 27.8 Å². The summed E-state index contributed by atoms with van der Waals surface area (Å²) in [6.07, 6.45) is 10.3. The van der Waals surface area contributed by atoms with Gasteiger partial charge in [0.05, 0.1) is 5.52 Å². The minimum absolute atomic E-state index is 0.464. The molecule has 29 heavy (non-hydrogen) atoms. The van der Waals surface area contributed by atoms with Crippen molar-refractivity contribution in [2.24, 2.45) is 0 Å². The van der Waals surface area contributed by atoms with Gasteiger partial charge in [0.25, 0.3) is 0 Å². The van der Waals surface area contributed by atoms with E-state index in [0.29, 0.717) is 12.1 Å². The van der Waals surface area contributed by atoms with Crippen LogP contribution < -0.4 is 5.32 Å². The summed E-state index contributed by atoms with van der Waals surface area (Å²) < 4.78 is 0. The molecule has 1 aliphatic rings. The SMILES string of the molecule is CN(C)[C@H]1CC[C@H](Nc2ncnc3ccc(-c4cnc5[nH]ccc5c4)cc23)CC1. The van der Waals surface area contributed by atoms with Crippen LogP contribution in [0.1, 0.15) is 25.7 Å². The minimum atomic E-state index is 0.464. The molecule has 6 heteroatoms. The molecule has 1 saturated carbocycles. The Morgan fingerprint density at radius 2 is 1.83 bits per heavy atom. The van der Waals surface area contributed by atoms with Crippen molar-refractivity contribution in [3.05, 3.63) is 49.1 Å². The molecule has 5 rings (SSSR count). The van der Waals surface area contributed by atoms with Gasteiger partial charge in [-0.25, -0.2) is 15.0 Å². The average molecular weight is 387 g/mol. The minimum Gasteiger partial charge on any atom is -0.367 e. The molecule has 0 saturated heterocycles. The van der Waals surface area contributed by atoms with E-state index in [1.807, 2.05) is 18.5 Å². The van der Waals surface area contributed by atoms with Gasteiger partial charge in [-0.1, -0.05) is 6.07 Å². The normalized spacial score (nSPS) is 19.8. The number of hydrogen-bond acceptors (Lipinski definition) is 5. The molecule has 0 spiro atoms. The van der Waals surface area contributed by atoms with Gasteiger partial charge >= 0.3 is 0 Å². The first-order chi connectivity index (χ1) is 14.2. The Morgan fingerprint density at radius 3 is 2.66 bits per heavy atom. The number of nitrogens with zero attached hydrogens (tertiary/aromatic N) is 4. The fourth-order valence-corrected chi connectivity index (χ4v) is 4.38. The number of nitrogens with one attached hydrogen (secondary N) is 2. The third kappa shape index (κ3) is 3.56. The van der Waals surface area contributed by atoms with Gasteiger partial charge in [0.2, 0.25) is 0 Å². The van der Waals surface area contributed by atoms with Crippen molar-refractivity contribution in [2.75, 3.05) is 19.4 Å². The number of fused-ring (bicyclic) bond motifs is 2. The Hall–Kier alpha value is -2.99. The molecule has 1 aromatic carbocycles. The molecule has 148 valence electrons. The first kappa shape index (κ1) is 18.1. The highest BCUT2D eigenvalue weighted by Gasteiger charge is 2.23. The van der Waals surface area contributed by atoms with E-state index in [-0.39, 0.29) is 0 Å². The van der Waals surface area contributed by atoms with Crippen LogP contribution >= 0.6 is 0 Å². The van der Waals surface area contributed by atoms with Gasteiger partial charge < -0.3 is 15.2 Å². The van der Waals surface area contributed by atoms with Crippen molar-refractivity contribution in [1.29, 1.82) is 0 Å². The quantitative estimate of drug-likeness (QED) is 0.542. The van der Waals surface area contributed by atoms with Crippen LogP contribution in [0.4, 0.5) is 5.82 Å². The fraction of sp³-hybridized carbons (Fsp3) is 0.348. The molecule has 0 aliphatic heterocycles. The van der Waals surface area contributed by atoms with Crippen LogP contribution in [0.15, 0.2) is 49.1 Å². The second kappa shape index (κ2) is 7.44. The van der Waals surface area contributed by atoms with Gasteiger partial charge in [-0.05, 0) is 69.6 Å². The zero-order valence-electron chi connectivity index (χ0n) is 16.9. The number of hydrogen-bond donors (Lipinski definition) is 2. The highest BCUT2D eigenvalue weighted by molar-refractivity contribution is 5.93. The van der Waals surface area contributed by atoms with Gasteiger partial charge in [-0.2, -0.15) is 0 Å². The van der Waals surface area contributed by atoms with E-state index >= 15 is 0 Å². The summed E-state index contributed by atoms with van der Waals surface area (Å²) in [6.45, 7) is 0. The first-order valence-corrected chi connectivity index (χ1v) is 10.3. The van der Waals surface area contributed by atoms with Crippen molar-refractivity contribution in [3.63, 3.8) is 0 Å². The molecule has 0 unspecified atom stereocenters. The third-order valence-electron chi connectivity index (χ3n) is 6.14. The summed E-state index contributed by atoms with van der Waals surface area (Å²) in [6, 6.07) is 11.7. The van der Waals surface area contributed by atoms with Crippen LogP contribution in [-0.4, -0.2) is 51.0 Å². The molecule has 6 nitrogen and oxygen atoms in total. The van der Waals surface area contributed by atoms with Crippen LogP contribution in [0.2, 0.25) is 0 Å². The number of pyridine rings is 1. The van der Waals surface area contributed by atoms with Gasteiger partial charge in [0.15, 0.2) is 0 Å². The topological polar surface area (TPSA) is 69.7 Å². The van der Waals surface area contributed by atoms with Crippen molar-refractivity contribution < 1.29 is 0 Å². The summed E-state index contributed by atoms with van der Waals surface area (Å²) in [5.74, 6) is 0.931. The lowest BCUT2D eigenvalue weighted by Crippen LogP contribution is -2.36. The van der Waals surface area contributed by atoms with Crippen molar-refractivity contribution in [3.8, 4) is 11.1 Å². The zero-order valence-corrected chi connectivity index (χ0v) is 16.9. The lowest BCUT2D eigenvalue weighted by molar-refractivity contribution is 0.221. The summed E-state index contributed by atoms with van der Waals surface area (Å²) >= 11 is 0. The highest BCUT2D eigenvalue weighted by Crippen LogP contribution is 2.30. The molecule has 2 N–H and O–H groups in total.